The molecular formula is C16H24N2O2. The third kappa shape index (κ3) is 3.12. The predicted molar refractivity (Wildman–Crippen MR) is 80.9 cm³/mol. The van der Waals surface area contributed by atoms with Crippen molar-refractivity contribution in [1.82, 2.24) is 5.32 Å². The molecular weight excluding hydrogens is 252 g/mol. The average Bonchev–Trinajstić information content (AvgIpc) is 2.53. The number of esters is 1. The van der Waals surface area contributed by atoms with Gasteiger partial charge in [0, 0.05) is 18.8 Å². The van der Waals surface area contributed by atoms with Gasteiger partial charge in [0.25, 0.3) is 0 Å². The van der Waals surface area contributed by atoms with Crippen molar-refractivity contribution in [3.05, 3.63) is 30.3 Å². The summed E-state index contributed by atoms with van der Waals surface area (Å²) in [5.74, 6) is -0.126. The van der Waals surface area contributed by atoms with E-state index in [9.17, 15) is 4.79 Å². The lowest BCUT2D eigenvalue weighted by Gasteiger charge is -2.41. The summed E-state index contributed by atoms with van der Waals surface area (Å²) in [6.07, 6.45) is 2.59. The molecule has 110 valence electrons. The number of nitrogens with zero attached hydrogens (tertiary/aromatic N) is 1. The average molecular weight is 276 g/mol. The molecule has 1 aromatic rings. The summed E-state index contributed by atoms with van der Waals surface area (Å²) in [5.41, 5.74) is 0.720. The van der Waals surface area contributed by atoms with Crippen LogP contribution in [0.1, 0.15) is 26.2 Å². The molecule has 2 rings (SSSR count). The van der Waals surface area contributed by atoms with E-state index in [-0.39, 0.29) is 5.97 Å². The fraction of sp³-hybridized carbons (Fsp3) is 0.562. The normalized spacial score (nSPS) is 17.8. The van der Waals surface area contributed by atoms with Gasteiger partial charge in [-0.05, 0) is 37.9 Å². The van der Waals surface area contributed by atoms with Crippen molar-refractivity contribution < 1.29 is 9.53 Å². The maximum absolute atomic E-state index is 12.1. The van der Waals surface area contributed by atoms with E-state index in [4.69, 9.17) is 4.74 Å². The fourth-order valence-corrected chi connectivity index (χ4v) is 2.80. The summed E-state index contributed by atoms with van der Waals surface area (Å²) < 4.78 is 5.01. The summed E-state index contributed by atoms with van der Waals surface area (Å²) >= 11 is 0. The number of piperidine rings is 1. The molecule has 0 spiro atoms. The molecule has 0 amide bonds. The number of methoxy groups -OCH3 is 1. The summed E-state index contributed by atoms with van der Waals surface area (Å²) in [7, 11) is 1.47. The van der Waals surface area contributed by atoms with Crippen molar-refractivity contribution in [2.75, 3.05) is 31.6 Å². The van der Waals surface area contributed by atoms with Crippen molar-refractivity contribution in [2.24, 2.45) is 0 Å². The zero-order chi connectivity index (χ0) is 14.4. The van der Waals surface area contributed by atoms with E-state index in [1.807, 2.05) is 18.2 Å². The minimum atomic E-state index is -0.504. The Bertz CT molecular complexity index is 425. The van der Waals surface area contributed by atoms with Gasteiger partial charge in [-0.1, -0.05) is 25.1 Å². The molecule has 1 fully saturated rings. The number of rotatable bonds is 5. The van der Waals surface area contributed by atoms with Crippen molar-refractivity contribution in [3.8, 4) is 0 Å². The Morgan fingerprint density at radius 2 is 1.95 bits per heavy atom. The lowest BCUT2D eigenvalue weighted by atomic mass is 9.87. The van der Waals surface area contributed by atoms with Gasteiger partial charge in [0.15, 0.2) is 0 Å². The van der Waals surface area contributed by atoms with Gasteiger partial charge in [-0.2, -0.15) is 0 Å². The Hall–Kier alpha value is -1.55. The lowest BCUT2D eigenvalue weighted by molar-refractivity contribution is -0.149. The quantitative estimate of drug-likeness (QED) is 0.837. The van der Waals surface area contributed by atoms with Crippen molar-refractivity contribution in [3.63, 3.8) is 0 Å². The van der Waals surface area contributed by atoms with E-state index in [1.165, 1.54) is 12.8 Å². The first-order chi connectivity index (χ1) is 9.72. The maximum atomic E-state index is 12.1. The third-order valence-corrected chi connectivity index (χ3v) is 4.03. The number of hydrogen-bond donors (Lipinski definition) is 1. The Kier molecular flexibility index (Phi) is 5.01. The first-order valence-electron chi connectivity index (χ1n) is 7.35. The molecule has 1 aliphatic heterocycles. The zero-order valence-electron chi connectivity index (χ0n) is 12.4. The Morgan fingerprint density at radius 1 is 1.30 bits per heavy atom. The molecule has 1 aromatic carbocycles. The van der Waals surface area contributed by atoms with Crippen LogP contribution < -0.4 is 10.2 Å². The van der Waals surface area contributed by atoms with E-state index < -0.39 is 5.54 Å². The van der Waals surface area contributed by atoms with Crippen LogP contribution >= 0.6 is 0 Å². The number of benzene rings is 1. The largest absolute Gasteiger partial charge is 0.468 e. The zero-order valence-corrected chi connectivity index (χ0v) is 12.4. The molecule has 0 aromatic heterocycles. The lowest BCUT2D eigenvalue weighted by Crippen LogP contribution is -2.59. The molecule has 0 bridgehead atoms. The molecule has 20 heavy (non-hydrogen) atoms. The van der Waals surface area contributed by atoms with Crippen LogP contribution in [0.4, 0.5) is 5.69 Å². The number of anilines is 1. The van der Waals surface area contributed by atoms with Crippen LogP contribution in [0.3, 0.4) is 0 Å². The number of ether oxygens (including phenoxy) is 1. The van der Waals surface area contributed by atoms with E-state index in [0.717, 1.165) is 38.9 Å². The standard InChI is InChI=1S/C16H24N2O2/c1-3-11-17-16(15(19)20-2)9-12-18(13-10-16)14-7-5-4-6-8-14/h4-8,17H,3,9-13H2,1-2H3. The third-order valence-electron chi connectivity index (χ3n) is 4.03. The summed E-state index contributed by atoms with van der Waals surface area (Å²) in [6, 6.07) is 10.4. The van der Waals surface area contributed by atoms with Crippen LogP contribution in [0.25, 0.3) is 0 Å². The Labute approximate surface area is 121 Å². The van der Waals surface area contributed by atoms with Crippen LogP contribution in [0.15, 0.2) is 30.3 Å². The second-order valence-corrected chi connectivity index (χ2v) is 5.32. The second-order valence-electron chi connectivity index (χ2n) is 5.32. The number of carbonyl (C=O) groups is 1. The minimum absolute atomic E-state index is 0.126. The fourth-order valence-electron chi connectivity index (χ4n) is 2.80. The topological polar surface area (TPSA) is 41.6 Å². The summed E-state index contributed by atoms with van der Waals surface area (Å²) in [5, 5.41) is 3.41. The van der Waals surface area contributed by atoms with Crippen molar-refractivity contribution in [2.45, 2.75) is 31.7 Å². The van der Waals surface area contributed by atoms with Gasteiger partial charge in [-0.25, -0.2) is 0 Å². The first kappa shape index (κ1) is 14.9. The molecule has 4 heteroatoms. The number of hydrogen-bond acceptors (Lipinski definition) is 4. The van der Waals surface area contributed by atoms with Gasteiger partial charge in [0.2, 0.25) is 0 Å². The molecule has 1 aliphatic rings. The molecule has 1 saturated heterocycles. The number of nitrogens with one attached hydrogen (secondary N) is 1. The SMILES string of the molecule is CCCNC1(C(=O)OC)CCN(c2ccccc2)CC1. The maximum Gasteiger partial charge on any atom is 0.326 e. The second kappa shape index (κ2) is 6.75. The molecule has 1 heterocycles. The first-order valence-corrected chi connectivity index (χ1v) is 7.35. The van der Waals surface area contributed by atoms with Crippen molar-refractivity contribution in [1.29, 1.82) is 0 Å². The molecule has 0 atom stereocenters. The molecule has 0 radical (unpaired) electrons. The molecule has 1 N–H and O–H groups in total. The van der Waals surface area contributed by atoms with Gasteiger partial charge in [0.05, 0.1) is 7.11 Å². The van der Waals surface area contributed by atoms with Crippen molar-refractivity contribution >= 4 is 11.7 Å². The highest BCUT2D eigenvalue weighted by Crippen LogP contribution is 2.27. The van der Waals surface area contributed by atoms with E-state index >= 15 is 0 Å². The smallest absolute Gasteiger partial charge is 0.326 e. The van der Waals surface area contributed by atoms with E-state index in [2.05, 4.69) is 29.3 Å². The van der Waals surface area contributed by atoms with Crippen LogP contribution in [0.2, 0.25) is 0 Å². The predicted octanol–water partition coefficient (Wildman–Crippen LogP) is 2.20. The van der Waals surface area contributed by atoms with Gasteiger partial charge in [-0.15, -0.1) is 0 Å². The Morgan fingerprint density at radius 3 is 2.50 bits per heavy atom. The number of para-hydroxylation sites is 1. The minimum Gasteiger partial charge on any atom is -0.468 e. The van der Waals surface area contributed by atoms with Crippen LogP contribution in [-0.4, -0.2) is 38.3 Å². The van der Waals surface area contributed by atoms with Crippen LogP contribution in [0.5, 0.6) is 0 Å². The highest BCUT2D eigenvalue weighted by atomic mass is 16.5. The molecule has 0 unspecified atom stereocenters. The highest BCUT2D eigenvalue weighted by Gasteiger charge is 2.41. The van der Waals surface area contributed by atoms with Crippen LogP contribution in [-0.2, 0) is 9.53 Å². The number of carbonyl (C=O) groups excluding carboxylic acids is 1. The summed E-state index contributed by atoms with van der Waals surface area (Å²) in [4.78, 5) is 14.5. The highest BCUT2D eigenvalue weighted by molar-refractivity contribution is 5.81. The van der Waals surface area contributed by atoms with Gasteiger partial charge in [-0.3, -0.25) is 4.79 Å². The summed E-state index contributed by atoms with van der Waals surface area (Å²) in [6.45, 7) is 4.70. The molecule has 4 nitrogen and oxygen atoms in total. The van der Waals surface area contributed by atoms with Crippen LogP contribution in [0, 0.1) is 0 Å². The van der Waals surface area contributed by atoms with Gasteiger partial charge in [0.1, 0.15) is 5.54 Å². The van der Waals surface area contributed by atoms with E-state index in [0.29, 0.717) is 0 Å². The van der Waals surface area contributed by atoms with Gasteiger partial charge >= 0.3 is 5.97 Å². The molecule has 0 aliphatic carbocycles. The van der Waals surface area contributed by atoms with Gasteiger partial charge < -0.3 is 15.0 Å². The van der Waals surface area contributed by atoms with E-state index in [1.54, 1.807) is 0 Å². The monoisotopic (exact) mass is 276 g/mol. The molecule has 0 saturated carbocycles. The Balaban J connectivity index is 2.04.